The fraction of sp³-hybridized carbons (Fsp3) is 0. The van der Waals surface area contributed by atoms with Crippen molar-refractivity contribution < 1.29 is 29.3 Å². The van der Waals surface area contributed by atoms with E-state index in [9.17, 15) is 0 Å². The van der Waals surface area contributed by atoms with Crippen LogP contribution >= 0.6 is 0 Å². The minimum atomic E-state index is -4.08. The summed E-state index contributed by atoms with van der Waals surface area (Å²) in [4.78, 5) is 0. The van der Waals surface area contributed by atoms with Crippen molar-refractivity contribution in [2.75, 3.05) is 0 Å². The monoisotopic (exact) mass is 216 g/mol. The van der Waals surface area contributed by atoms with E-state index in [0.29, 0.717) is 0 Å². The van der Waals surface area contributed by atoms with E-state index in [1.807, 2.05) is 0 Å². The van der Waals surface area contributed by atoms with Crippen LogP contribution in [0, 0.1) is 0 Å². The van der Waals surface area contributed by atoms with Crippen LogP contribution in [-0.2, 0) is 21.9 Å². The second-order valence-electron chi connectivity index (χ2n) is 0.250. The largest absolute Gasteiger partial charge is 2.00 e. The third kappa shape index (κ3) is 36.0. The van der Waals surface area contributed by atoms with Crippen molar-refractivity contribution in [2.24, 2.45) is 0 Å². The molecule has 0 aliphatic rings. The minimum absolute atomic E-state index is 0. The predicted molar refractivity (Wildman–Crippen MR) is 6.44 cm³/mol. The Morgan fingerprint density at radius 1 is 1.40 bits per heavy atom. The van der Waals surface area contributed by atoms with Crippen LogP contribution in [0.3, 0.4) is 0 Å². The second-order valence-corrected chi connectivity index (χ2v) is 1.03. The summed E-state index contributed by atoms with van der Waals surface area (Å²) in [6.45, 7) is 0. The Labute approximate surface area is 53.1 Å². The molecule has 0 rings (SSSR count). The molecule has 0 atom stereocenters. The van der Waals surface area contributed by atoms with E-state index in [1.165, 1.54) is 0 Å². The molecule has 0 fully saturated rings. The maximum atomic E-state index is 8.58. The first kappa shape index (κ1) is 9.53. The van der Waals surface area contributed by atoms with Crippen molar-refractivity contribution in [1.29, 1.82) is 0 Å². The van der Waals surface area contributed by atoms with E-state index in [-0.39, 0.29) is 23.9 Å². The molecular formula is O3SnTi. The predicted octanol–water partition coefficient (Wildman–Crippen LogP) is -2.88. The summed E-state index contributed by atoms with van der Waals surface area (Å²) in [6, 6.07) is 0. The number of hydrogen-bond acceptors (Lipinski definition) is 3. The second kappa shape index (κ2) is 5.23. The molecule has 0 aromatic carbocycles. The van der Waals surface area contributed by atoms with Crippen molar-refractivity contribution in [1.82, 2.24) is 0 Å². The van der Waals surface area contributed by atoms with Crippen molar-refractivity contribution in [3.8, 4) is 0 Å². The molecule has 0 amide bonds. The molecule has 26 valence electrons. The summed E-state index contributed by atoms with van der Waals surface area (Å²) in [5.74, 6) is 0. The quantitative estimate of drug-likeness (QED) is 0.407. The van der Waals surface area contributed by atoms with Gasteiger partial charge in [-0.15, -0.1) is 0 Å². The van der Waals surface area contributed by atoms with E-state index in [4.69, 9.17) is 10.7 Å². The maximum absolute atomic E-state index is 8.58. The molecule has 0 heterocycles. The zero-order valence-corrected chi connectivity index (χ0v) is 6.64. The van der Waals surface area contributed by atoms with Crippen LogP contribution in [-0.4, -0.2) is 23.9 Å². The van der Waals surface area contributed by atoms with Gasteiger partial charge in [-0.25, -0.2) is 0 Å². The Morgan fingerprint density at radius 3 is 1.40 bits per heavy atom. The molecule has 0 spiro atoms. The summed E-state index contributed by atoms with van der Waals surface area (Å²) in [6.07, 6.45) is 0. The first-order valence-electron chi connectivity index (χ1n) is 0.612. The van der Waals surface area contributed by atoms with Gasteiger partial charge in [0.2, 0.25) is 0 Å². The normalized spacial score (nSPS) is 5.20. The first-order chi connectivity index (χ1) is 1.73. The van der Waals surface area contributed by atoms with E-state index in [1.54, 1.807) is 0 Å². The molecular weight excluding hydrogens is 215 g/mol. The standard InChI is InChI=1S/3O.Sn.Ti/q;2*-1;+2;. The third-order valence-corrected chi connectivity index (χ3v) is 0. The van der Waals surface area contributed by atoms with Gasteiger partial charge in [0.25, 0.3) is 0 Å². The molecule has 0 aromatic heterocycles. The van der Waals surface area contributed by atoms with Crippen LogP contribution in [0.15, 0.2) is 0 Å². The third-order valence-electron chi connectivity index (χ3n) is 0. The molecule has 0 aromatic rings. The van der Waals surface area contributed by atoms with Crippen LogP contribution in [0.4, 0.5) is 0 Å². The molecule has 0 N–H and O–H groups in total. The van der Waals surface area contributed by atoms with E-state index >= 15 is 0 Å². The van der Waals surface area contributed by atoms with Crippen LogP contribution in [0.25, 0.3) is 0 Å². The van der Waals surface area contributed by atoms with Crippen molar-refractivity contribution >= 4 is 23.9 Å². The van der Waals surface area contributed by atoms with Gasteiger partial charge in [-0.05, 0) is 0 Å². The molecule has 2 radical (unpaired) electrons. The Kier molecular flexibility index (Phi) is 9.97. The molecule has 0 unspecified atom stereocenters. The minimum Gasteiger partial charge on any atom is 2.00 e. The van der Waals surface area contributed by atoms with Crippen LogP contribution in [0.5, 0.6) is 0 Å². The van der Waals surface area contributed by atoms with Crippen LogP contribution in [0.2, 0.25) is 0 Å². The summed E-state index contributed by atoms with van der Waals surface area (Å²) in [5.41, 5.74) is 0. The van der Waals surface area contributed by atoms with E-state index < -0.39 is 18.6 Å². The maximum Gasteiger partial charge on any atom is 2.00 e. The van der Waals surface area contributed by atoms with Crippen molar-refractivity contribution in [3.63, 3.8) is 0 Å². The molecule has 3 nitrogen and oxygen atoms in total. The van der Waals surface area contributed by atoms with Gasteiger partial charge >= 0.3 is 53.2 Å². The van der Waals surface area contributed by atoms with E-state index in [0.717, 1.165) is 0 Å². The average Bonchev–Trinajstić information content (AvgIpc) is 0.811. The average molecular weight is 215 g/mol. The number of rotatable bonds is 0. The zero-order chi connectivity index (χ0) is 3.58. The Balaban J connectivity index is 0. The molecule has 0 aliphatic carbocycles. The Hall–Kier alpha value is 1.23. The molecule has 5 heavy (non-hydrogen) atoms. The molecule has 0 saturated heterocycles. The van der Waals surface area contributed by atoms with Crippen LogP contribution in [0.1, 0.15) is 0 Å². The summed E-state index contributed by atoms with van der Waals surface area (Å²) >= 11 is -4.08. The van der Waals surface area contributed by atoms with Crippen molar-refractivity contribution in [3.05, 3.63) is 0 Å². The van der Waals surface area contributed by atoms with Gasteiger partial charge in [0.1, 0.15) is 0 Å². The molecule has 0 aliphatic heterocycles. The molecule has 5 heteroatoms. The smallest absolute Gasteiger partial charge is 2.00 e. The number of hydrogen-bond donors (Lipinski definition) is 0. The molecule has 0 bridgehead atoms. The summed E-state index contributed by atoms with van der Waals surface area (Å²) in [7, 11) is 0. The first-order valence-corrected chi connectivity index (χ1v) is 2.52. The van der Waals surface area contributed by atoms with Gasteiger partial charge in [0.05, 0.1) is 0 Å². The summed E-state index contributed by atoms with van der Waals surface area (Å²) in [5, 5.41) is 0. The van der Waals surface area contributed by atoms with Gasteiger partial charge in [0.15, 0.2) is 0 Å². The van der Waals surface area contributed by atoms with Gasteiger partial charge in [-0.3, -0.25) is 0 Å². The zero-order valence-electron chi connectivity index (χ0n) is 2.22. The SMILES string of the molecule is [O]=[Ti]([O-])[O-].[Sn+2]. The topological polar surface area (TPSA) is 63.2 Å². The Morgan fingerprint density at radius 2 is 1.40 bits per heavy atom. The van der Waals surface area contributed by atoms with Crippen molar-refractivity contribution in [2.45, 2.75) is 0 Å². The fourth-order valence-corrected chi connectivity index (χ4v) is 0. The Bertz CT molecular complexity index is 29.9. The summed E-state index contributed by atoms with van der Waals surface area (Å²) < 4.78 is 25.8. The van der Waals surface area contributed by atoms with Gasteiger partial charge < -0.3 is 0 Å². The fourth-order valence-electron chi connectivity index (χ4n) is 0. The van der Waals surface area contributed by atoms with Gasteiger partial charge in [0, 0.05) is 0 Å². The van der Waals surface area contributed by atoms with Gasteiger partial charge in [-0.2, -0.15) is 0 Å². The van der Waals surface area contributed by atoms with Crippen LogP contribution < -0.4 is 7.38 Å². The van der Waals surface area contributed by atoms with E-state index in [2.05, 4.69) is 0 Å². The molecule has 0 saturated carbocycles. The van der Waals surface area contributed by atoms with Gasteiger partial charge in [-0.1, -0.05) is 0 Å².